The molecular weight excluding hydrogens is 336 g/mol. The molecule has 0 fully saturated rings. The van der Waals surface area contributed by atoms with Gasteiger partial charge in [-0.15, -0.1) is 11.8 Å². The zero-order valence-electron chi connectivity index (χ0n) is 12.1. The van der Waals surface area contributed by atoms with Gasteiger partial charge in [0.05, 0.1) is 10.6 Å². The number of sulfonamides is 1. The van der Waals surface area contributed by atoms with Crippen LogP contribution in [0.1, 0.15) is 6.42 Å². The van der Waals surface area contributed by atoms with Gasteiger partial charge in [-0.1, -0.05) is 24.3 Å². The number of nitro groups is 1. The normalized spacial score (nSPS) is 14.9. The first-order chi connectivity index (χ1) is 11.0. The van der Waals surface area contributed by atoms with Crippen molar-refractivity contribution in [2.75, 3.05) is 16.6 Å². The van der Waals surface area contributed by atoms with Crippen molar-refractivity contribution in [3.63, 3.8) is 0 Å². The van der Waals surface area contributed by atoms with E-state index in [0.29, 0.717) is 18.7 Å². The molecule has 0 saturated carbocycles. The van der Waals surface area contributed by atoms with E-state index < -0.39 is 20.6 Å². The Bertz CT molecular complexity index is 852. The molecule has 1 aliphatic rings. The SMILES string of the molecule is O=[N+]([O-])c1ccccc1S(=O)(=O)N1CCCSc2ccccc21. The smallest absolute Gasteiger partial charge is 0.265 e. The summed E-state index contributed by atoms with van der Waals surface area (Å²) in [5.74, 6) is 0.805. The van der Waals surface area contributed by atoms with E-state index in [2.05, 4.69) is 0 Å². The maximum atomic E-state index is 13.0. The number of thioether (sulfide) groups is 1. The molecule has 120 valence electrons. The van der Waals surface area contributed by atoms with Gasteiger partial charge in [0.1, 0.15) is 0 Å². The van der Waals surface area contributed by atoms with E-state index in [1.54, 1.807) is 23.9 Å². The summed E-state index contributed by atoms with van der Waals surface area (Å²) in [4.78, 5) is 11.1. The highest BCUT2D eigenvalue weighted by Crippen LogP contribution is 2.38. The summed E-state index contributed by atoms with van der Waals surface area (Å²) in [7, 11) is -4.00. The Morgan fingerprint density at radius 2 is 1.78 bits per heavy atom. The van der Waals surface area contributed by atoms with Crippen molar-refractivity contribution in [3.8, 4) is 0 Å². The highest BCUT2D eigenvalue weighted by Gasteiger charge is 2.33. The Kier molecular flexibility index (Phi) is 4.27. The van der Waals surface area contributed by atoms with Crippen molar-refractivity contribution in [2.24, 2.45) is 0 Å². The highest BCUT2D eigenvalue weighted by atomic mass is 32.2. The Morgan fingerprint density at radius 3 is 2.57 bits per heavy atom. The molecule has 0 amide bonds. The summed E-state index contributed by atoms with van der Waals surface area (Å²) >= 11 is 1.60. The Balaban J connectivity index is 2.16. The van der Waals surface area contributed by atoms with E-state index in [4.69, 9.17) is 0 Å². The van der Waals surface area contributed by atoms with Gasteiger partial charge >= 0.3 is 0 Å². The number of rotatable bonds is 3. The number of para-hydroxylation sites is 2. The van der Waals surface area contributed by atoms with Crippen LogP contribution in [0.2, 0.25) is 0 Å². The van der Waals surface area contributed by atoms with E-state index in [1.807, 2.05) is 12.1 Å². The first-order valence-corrected chi connectivity index (χ1v) is 9.42. The average Bonchev–Trinajstić information content (AvgIpc) is 2.77. The van der Waals surface area contributed by atoms with Crippen molar-refractivity contribution in [2.45, 2.75) is 16.2 Å². The molecule has 3 rings (SSSR count). The lowest BCUT2D eigenvalue weighted by Gasteiger charge is -2.23. The number of anilines is 1. The fraction of sp³-hybridized carbons (Fsp3) is 0.200. The second-order valence-electron chi connectivity index (χ2n) is 4.97. The molecule has 2 aromatic rings. The quantitative estimate of drug-likeness (QED) is 0.627. The maximum Gasteiger partial charge on any atom is 0.289 e. The van der Waals surface area contributed by atoms with Gasteiger partial charge in [0.25, 0.3) is 15.7 Å². The summed E-state index contributed by atoms with van der Waals surface area (Å²) in [6, 6.07) is 12.7. The highest BCUT2D eigenvalue weighted by molar-refractivity contribution is 7.99. The molecule has 0 radical (unpaired) electrons. The van der Waals surface area contributed by atoms with Gasteiger partial charge in [-0.2, -0.15) is 0 Å². The molecule has 0 aliphatic carbocycles. The van der Waals surface area contributed by atoms with E-state index in [9.17, 15) is 18.5 Å². The molecule has 0 spiro atoms. The molecule has 6 nitrogen and oxygen atoms in total. The molecule has 0 saturated heterocycles. The third kappa shape index (κ3) is 2.91. The fourth-order valence-corrected chi connectivity index (χ4v) is 5.22. The predicted molar refractivity (Wildman–Crippen MR) is 89.4 cm³/mol. The summed E-state index contributed by atoms with van der Waals surface area (Å²) in [6.45, 7) is 0.304. The third-order valence-corrected chi connectivity index (χ3v) is 6.54. The van der Waals surface area contributed by atoms with E-state index in [0.717, 1.165) is 10.6 Å². The van der Waals surface area contributed by atoms with Crippen molar-refractivity contribution < 1.29 is 13.3 Å². The first kappa shape index (κ1) is 15.8. The lowest BCUT2D eigenvalue weighted by molar-refractivity contribution is -0.387. The van der Waals surface area contributed by atoms with Crippen LogP contribution in [0, 0.1) is 10.1 Å². The molecule has 0 aromatic heterocycles. The van der Waals surface area contributed by atoms with Crippen LogP contribution in [-0.4, -0.2) is 25.6 Å². The zero-order valence-corrected chi connectivity index (χ0v) is 13.7. The number of fused-ring (bicyclic) bond motifs is 1. The predicted octanol–water partition coefficient (Wildman–Crippen LogP) is 3.29. The zero-order chi connectivity index (χ0) is 16.4. The molecule has 0 atom stereocenters. The molecule has 2 aromatic carbocycles. The van der Waals surface area contributed by atoms with Crippen molar-refractivity contribution in [1.29, 1.82) is 0 Å². The Hall–Kier alpha value is -2.06. The maximum absolute atomic E-state index is 13.0. The van der Waals surface area contributed by atoms with E-state index >= 15 is 0 Å². The molecule has 0 N–H and O–H groups in total. The second-order valence-corrected chi connectivity index (χ2v) is 7.94. The third-order valence-electron chi connectivity index (χ3n) is 3.53. The number of hydrogen-bond donors (Lipinski definition) is 0. The van der Waals surface area contributed by atoms with Crippen LogP contribution in [-0.2, 0) is 10.0 Å². The van der Waals surface area contributed by atoms with Crippen LogP contribution in [0.3, 0.4) is 0 Å². The van der Waals surface area contributed by atoms with Crippen LogP contribution in [0.4, 0.5) is 11.4 Å². The summed E-state index contributed by atoms with van der Waals surface area (Å²) < 4.78 is 27.4. The summed E-state index contributed by atoms with van der Waals surface area (Å²) in [5, 5.41) is 11.2. The minimum absolute atomic E-state index is 0.272. The Morgan fingerprint density at radius 1 is 1.09 bits per heavy atom. The standard InChI is InChI=1S/C15H14N2O4S2/c18-17(19)13-7-2-4-9-15(13)23(20,21)16-10-5-11-22-14-8-3-1-6-12(14)16/h1-4,6-9H,5,10-11H2. The molecule has 23 heavy (non-hydrogen) atoms. The van der Waals surface area contributed by atoms with Crippen molar-refractivity contribution in [3.05, 3.63) is 58.6 Å². The molecule has 1 heterocycles. The van der Waals surface area contributed by atoms with Gasteiger partial charge in [-0.25, -0.2) is 8.42 Å². The lowest BCUT2D eigenvalue weighted by atomic mass is 10.3. The summed E-state index contributed by atoms with van der Waals surface area (Å²) in [6.07, 6.45) is 0.680. The molecule has 1 aliphatic heterocycles. The second kappa shape index (κ2) is 6.21. The van der Waals surface area contributed by atoms with Crippen molar-refractivity contribution >= 4 is 33.2 Å². The topological polar surface area (TPSA) is 80.5 Å². The van der Waals surface area contributed by atoms with Crippen molar-refractivity contribution in [1.82, 2.24) is 0 Å². The number of nitro benzene ring substituents is 1. The van der Waals surface area contributed by atoms with Gasteiger partial charge in [0.2, 0.25) is 0 Å². The van der Waals surface area contributed by atoms with Gasteiger partial charge < -0.3 is 0 Å². The monoisotopic (exact) mass is 350 g/mol. The molecule has 8 heteroatoms. The van der Waals surface area contributed by atoms with Gasteiger partial charge in [0.15, 0.2) is 4.90 Å². The average molecular weight is 350 g/mol. The van der Waals surface area contributed by atoms with Gasteiger partial charge in [-0.3, -0.25) is 14.4 Å². The molecule has 0 unspecified atom stereocenters. The van der Waals surface area contributed by atoms with E-state index in [1.165, 1.54) is 28.6 Å². The molecular formula is C15H14N2O4S2. The number of hydrogen-bond acceptors (Lipinski definition) is 5. The van der Waals surface area contributed by atoms with Crippen LogP contribution in [0.25, 0.3) is 0 Å². The van der Waals surface area contributed by atoms with E-state index in [-0.39, 0.29) is 4.90 Å². The van der Waals surface area contributed by atoms with Gasteiger partial charge in [-0.05, 0) is 30.4 Å². The Labute approximate surface area is 138 Å². The van der Waals surface area contributed by atoms with Crippen LogP contribution < -0.4 is 4.31 Å². The minimum Gasteiger partial charge on any atom is -0.265 e. The lowest BCUT2D eigenvalue weighted by Crippen LogP contribution is -2.32. The van der Waals surface area contributed by atoms with Gasteiger partial charge in [0, 0.05) is 17.5 Å². The van der Waals surface area contributed by atoms with Crippen LogP contribution in [0.15, 0.2) is 58.3 Å². The number of nitrogens with zero attached hydrogens (tertiary/aromatic N) is 2. The van der Waals surface area contributed by atoms with Crippen LogP contribution in [0.5, 0.6) is 0 Å². The molecule has 0 bridgehead atoms. The van der Waals surface area contributed by atoms with Crippen LogP contribution >= 0.6 is 11.8 Å². The largest absolute Gasteiger partial charge is 0.289 e. The number of benzene rings is 2. The fourth-order valence-electron chi connectivity index (χ4n) is 2.49. The summed E-state index contributed by atoms with van der Waals surface area (Å²) in [5.41, 5.74) is 0.176. The minimum atomic E-state index is -4.00. The first-order valence-electron chi connectivity index (χ1n) is 7.00.